The number of aliphatic carboxylic acids is 3. The third-order valence-corrected chi connectivity index (χ3v) is 7.11. The van der Waals surface area contributed by atoms with Gasteiger partial charge in [-0.3, -0.25) is 14.4 Å². The summed E-state index contributed by atoms with van der Waals surface area (Å²) in [4.78, 5) is 35.5. The van der Waals surface area contributed by atoms with Crippen LogP contribution < -0.4 is 21.1 Å². The zero-order valence-electron chi connectivity index (χ0n) is 22.4. The van der Waals surface area contributed by atoms with E-state index in [0.29, 0.717) is 11.8 Å². The third kappa shape index (κ3) is 9.29. The molecule has 1 atom stereocenters. The first-order valence-corrected chi connectivity index (χ1v) is 13.6. The maximum Gasteiger partial charge on any atom is 0.320 e. The van der Waals surface area contributed by atoms with Crippen LogP contribution in [0.25, 0.3) is 21.7 Å². The first-order chi connectivity index (χ1) is 19.3. The molecule has 0 saturated carbocycles. The number of carbonyl (C=O) groups is 3. The number of benzene rings is 3. The maximum absolute atomic E-state index is 12.2. The second kappa shape index (κ2) is 14.8. The van der Waals surface area contributed by atoms with Gasteiger partial charge in [-0.1, -0.05) is 42.5 Å². The fourth-order valence-corrected chi connectivity index (χ4v) is 4.94. The lowest BCUT2D eigenvalue weighted by Crippen LogP contribution is -2.32. The summed E-state index contributed by atoms with van der Waals surface area (Å²) < 4.78 is 26.6. The minimum Gasteiger partial charge on any atom is -0.480 e. The molecule has 0 bridgehead atoms. The summed E-state index contributed by atoms with van der Waals surface area (Å²) in [6.07, 6.45) is 2.16. The number of rotatable bonds is 9. The van der Waals surface area contributed by atoms with Crippen LogP contribution in [0.2, 0.25) is 0 Å². The van der Waals surface area contributed by atoms with Crippen LogP contribution in [0.4, 0.5) is 5.69 Å². The molecule has 41 heavy (non-hydrogen) atoms. The number of para-hydroxylation sites is 1. The molecule has 0 radical (unpaired) electrons. The Bertz CT molecular complexity index is 1620. The number of fused-ring (bicyclic) bond motifs is 2. The smallest absolute Gasteiger partial charge is 0.320 e. The number of carboxylic acids is 3. The maximum atomic E-state index is 12.2. The molecule has 0 aliphatic heterocycles. The topological polar surface area (TPSA) is 229 Å². The van der Waals surface area contributed by atoms with Gasteiger partial charge >= 0.3 is 17.9 Å². The molecule has 1 heterocycles. The normalized spacial score (nSPS) is 11.5. The number of hydrogen-bond donors (Lipinski definition) is 7. The number of nitrogens with one attached hydrogen (secondary N) is 2. The van der Waals surface area contributed by atoms with Crippen molar-refractivity contribution in [3.63, 3.8) is 0 Å². The zero-order valence-corrected chi connectivity index (χ0v) is 23.3. The van der Waals surface area contributed by atoms with Crippen molar-refractivity contribution in [2.75, 3.05) is 32.1 Å². The highest BCUT2D eigenvalue weighted by molar-refractivity contribution is 7.89. The van der Waals surface area contributed by atoms with E-state index in [0.717, 1.165) is 27.5 Å². The van der Waals surface area contributed by atoms with Crippen molar-refractivity contribution >= 4 is 55.3 Å². The van der Waals surface area contributed by atoms with Gasteiger partial charge in [0.2, 0.25) is 10.0 Å². The van der Waals surface area contributed by atoms with Gasteiger partial charge in [0.25, 0.3) is 0 Å². The van der Waals surface area contributed by atoms with Gasteiger partial charge in [-0.2, -0.15) is 4.72 Å². The Balaban J connectivity index is 0.000000256. The number of H-pyrrole nitrogens is 1. The molecular formula is C27H33N5O8S. The first-order valence-electron chi connectivity index (χ1n) is 12.1. The van der Waals surface area contributed by atoms with Gasteiger partial charge in [0.1, 0.15) is 12.6 Å². The molecule has 4 rings (SSSR count). The Morgan fingerprint density at radius 3 is 2.07 bits per heavy atom. The molecule has 0 aliphatic rings. The van der Waals surface area contributed by atoms with Gasteiger partial charge in [0.15, 0.2) is 0 Å². The number of anilines is 1. The van der Waals surface area contributed by atoms with Crippen molar-refractivity contribution < 1.29 is 38.1 Å². The molecular weight excluding hydrogens is 554 g/mol. The van der Waals surface area contributed by atoms with Crippen LogP contribution in [0.5, 0.6) is 0 Å². The predicted octanol–water partition coefficient (Wildman–Crippen LogP) is 1.42. The Morgan fingerprint density at radius 1 is 0.902 bits per heavy atom. The fraction of sp³-hybridized carbons (Fsp3) is 0.222. The van der Waals surface area contributed by atoms with E-state index in [2.05, 4.69) is 15.4 Å². The highest BCUT2D eigenvalue weighted by Crippen LogP contribution is 2.30. The molecule has 0 fully saturated rings. The SMILES string of the molecule is CN(C)c1cccc2c(S(=O)(=O)NCC(=O)O)cccc12.NCC(=O)O.N[C@@H](Cc1c[nH]c2ccccc12)C(=O)O. The third-order valence-electron chi connectivity index (χ3n) is 5.65. The number of sulfonamides is 1. The van der Waals surface area contributed by atoms with E-state index in [4.69, 9.17) is 21.1 Å². The van der Waals surface area contributed by atoms with E-state index in [1.807, 2.05) is 61.6 Å². The number of aromatic nitrogens is 1. The van der Waals surface area contributed by atoms with Crippen LogP contribution in [0.3, 0.4) is 0 Å². The molecule has 0 unspecified atom stereocenters. The summed E-state index contributed by atoms with van der Waals surface area (Å²) in [7, 11) is -0.126. The Kier molecular flexibility index (Phi) is 11.8. The molecule has 9 N–H and O–H groups in total. The summed E-state index contributed by atoms with van der Waals surface area (Å²) in [5, 5.41) is 27.3. The van der Waals surface area contributed by atoms with Crippen LogP contribution in [0, 0.1) is 0 Å². The lowest BCUT2D eigenvalue weighted by Gasteiger charge is -2.16. The minimum atomic E-state index is -3.87. The standard InChI is InChI=1S/C14H16N2O4S.C11H12N2O2.C2H5NO2/c1-16(2)12-7-3-6-11-10(12)5-4-8-13(11)21(19,20)15-9-14(17)18;12-9(11(14)15)5-7-6-13-10-4-2-1-3-8(7)10;3-1-2(4)5/h3-8,15H,9H2,1-2H3,(H,17,18);1-4,6,9,13H,5,12H2,(H,14,15);1,3H2,(H,4,5)/t;9-;/m.0./s1. The summed E-state index contributed by atoms with van der Waals surface area (Å²) in [6, 6.07) is 17.2. The Hall–Kier alpha value is -4.50. The van der Waals surface area contributed by atoms with Gasteiger partial charge in [0.05, 0.1) is 11.4 Å². The van der Waals surface area contributed by atoms with E-state index < -0.39 is 40.5 Å². The lowest BCUT2D eigenvalue weighted by atomic mass is 10.1. The van der Waals surface area contributed by atoms with Crippen molar-refractivity contribution in [1.29, 1.82) is 0 Å². The molecule has 3 aromatic carbocycles. The van der Waals surface area contributed by atoms with Crippen LogP contribution in [-0.2, 0) is 30.8 Å². The average molecular weight is 588 g/mol. The van der Waals surface area contributed by atoms with Gasteiger partial charge in [-0.05, 0) is 23.8 Å². The molecule has 0 spiro atoms. The Morgan fingerprint density at radius 2 is 1.49 bits per heavy atom. The highest BCUT2D eigenvalue weighted by atomic mass is 32.2. The number of nitrogens with two attached hydrogens (primary N) is 2. The summed E-state index contributed by atoms with van der Waals surface area (Å²) >= 11 is 0. The zero-order chi connectivity index (χ0) is 30.7. The van der Waals surface area contributed by atoms with Crippen LogP contribution >= 0.6 is 0 Å². The fourth-order valence-electron chi connectivity index (χ4n) is 3.75. The molecule has 1 aromatic heterocycles. The summed E-state index contributed by atoms with van der Waals surface area (Å²) in [5.41, 5.74) is 12.9. The van der Waals surface area contributed by atoms with E-state index in [9.17, 15) is 22.8 Å². The van der Waals surface area contributed by atoms with Gasteiger partial charge in [-0.25, -0.2) is 8.42 Å². The second-order valence-electron chi connectivity index (χ2n) is 8.85. The summed E-state index contributed by atoms with van der Waals surface area (Å²) in [5.74, 6) is -3.17. The molecule has 0 saturated heterocycles. The monoisotopic (exact) mass is 587 g/mol. The predicted molar refractivity (Wildman–Crippen MR) is 155 cm³/mol. The highest BCUT2D eigenvalue weighted by Gasteiger charge is 2.19. The Labute approximate surface area is 236 Å². The van der Waals surface area contributed by atoms with Gasteiger partial charge < -0.3 is 36.7 Å². The van der Waals surface area contributed by atoms with Crippen LogP contribution in [0.1, 0.15) is 5.56 Å². The van der Waals surface area contributed by atoms with Crippen LogP contribution in [0.15, 0.2) is 71.8 Å². The van der Waals surface area contributed by atoms with Crippen molar-refractivity contribution in [1.82, 2.24) is 9.71 Å². The average Bonchev–Trinajstić information content (AvgIpc) is 3.34. The molecule has 0 aliphatic carbocycles. The van der Waals surface area contributed by atoms with Gasteiger partial charge in [0, 0.05) is 54.1 Å². The number of nitrogens with zero attached hydrogens (tertiary/aromatic N) is 1. The van der Waals surface area contributed by atoms with E-state index >= 15 is 0 Å². The lowest BCUT2D eigenvalue weighted by molar-refractivity contribution is -0.138. The summed E-state index contributed by atoms with van der Waals surface area (Å²) in [6.45, 7) is -0.925. The van der Waals surface area contributed by atoms with Gasteiger partial charge in [-0.15, -0.1) is 0 Å². The van der Waals surface area contributed by atoms with Crippen molar-refractivity contribution in [3.8, 4) is 0 Å². The van der Waals surface area contributed by atoms with Crippen molar-refractivity contribution in [3.05, 3.63) is 72.4 Å². The van der Waals surface area contributed by atoms with Crippen LogP contribution in [-0.4, -0.2) is 79.9 Å². The molecule has 0 amide bonds. The second-order valence-corrected chi connectivity index (χ2v) is 10.6. The molecule has 4 aromatic rings. The number of carboxylic acid groups (broad SMARTS) is 3. The molecule has 13 nitrogen and oxygen atoms in total. The van der Waals surface area contributed by atoms with E-state index in [1.54, 1.807) is 18.2 Å². The quantitative estimate of drug-likeness (QED) is 0.148. The largest absolute Gasteiger partial charge is 0.480 e. The number of hydrogen-bond acceptors (Lipinski definition) is 8. The van der Waals surface area contributed by atoms with Crippen molar-refractivity contribution in [2.45, 2.75) is 17.4 Å². The van der Waals surface area contributed by atoms with E-state index in [-0.39, 0.29) is 11.4 Å². The molecule has 14 heteroatoms. The van der Waals surface area contributed by atoms with E-state index in [1.165, 1.54) is 6.07 Å². The minimum absolute atomic E-state index is 0.0740. The van der Waals surface area contributed by atoms with Crippen molar-refractivity contribution in [2.24, 2.45) is 11.5 Å². The number of aromatic amines is 1. The first kappa shape index (κ1) is 32.7. The molecule has 220 valence electrons.